The van der Waals surface area contributed by atoms with Crippen molar-refractivity contribution in [2.24, 2.45) is 0 Å². The fraction of sp³-hybridized carbons (Fsp3) is 0. The normalized spacial score (nSPS) is 10.6. The summed E-state index contributed by atoms with van der Waals surface area (Å²) < 4.78 is 0. The van der Waals surface area contributed by atoms with Gasteiger partial charge in [0.15, 0.2) is 5.82 Å². The van der Waals surface area contributed by atoms with Crippen LogP contribution in [0.3, 0.4) is 0 Å². The van der Waals surface area contributed by atoms with Gasteiger partial charge in [-0.2, -0.15) is 0 Å². The summed E-state index contributed by atoms with van der Waals surface area (Å²) in [5.74, 6) is -0.529. The second-order valence-corrected chi connectivity index (χ2v) is 7.17. The quantitative estimate of drug-likeness (QED) is 0.439. The summed E-state index contributed by atoms with van der Waals surface area (Å²) in [6.45, 7) is 0. The molecule has 0 bridgehead atoms. The van der Waals surface area contributed by atoms with Crippen LogP contribution in [0.5, 0.6) is 0 Å². The molecule has 1 heterocycles. The second kappa shape index (κ2) is 8.49. The third-order valence-electron chi connectivity index (χ3n) is 4.36. The number of carbonyl (C=O) groups excluding carboxylic acids is 2. The number of amides is 3. The summed E-state index contributed by atoms with van der Waals surface area (Å²) in [5.41, 5.74) is 1.58. The van der Waals surface area contributed by atoms with Crippen molar-refractivity contribution in [2.75, 3.05) is 5.32 Å². The zero-order valence-electron chi connectivity index (χ0n) is 15.4. The monoisotopic (exact) mass is 436 g/mol. The van der Waals surface area contributed by atoms with Crippen molar-refractivity contribution in [3.63, 3.8) is 0 Å². The predicted octanol–water partition coefficient (Wildman–Crippen LogP) is 5.57. The Morgan fingerprint density at radius 3 is 2.23 bits per heavy atom. The standard InChI is InChI=1S/C22H14Cl2N4O2/c23-16-6-3-7-17(24)20(16)21(29)28-22(30)27-19-12-25-18(11-26-19)15-9-8-13-4-1-2-5-14(13)10-15/h1-12H,(H2,26,27,28,29,30). The maximum atomic E-state index is 12.3. The van der Waals surface area contributed by atoms with Crippen molar-refractivity contribution in [3.8, 4) is 11.3 Å². The highest BCUT2D eigenvalue weighted by Crippen LogP contribution is 2.24. The average Bonchev–Trinajstić information content (AvgIpc) is 2.73. The largest absolute Gasteiger partial charge is 0.327 e. The van der Waals surface area contributed by atoms with E-state index < -0.39 is 11.9 Å². The van der Waals surface area contributed by atoms with Gasteiger partial charge in [-0.1, -0.05) is 65.7 Å². The van der Waals surface area contributed by atoms with Crippen molar-refractivity contribution in [2.45, 2.75) is 0 Å². The third-order valence-corrected chi connectivity index (χ3v) is 4.99. The van der Waals surface area contributed by atoms with Gasteiger partial charge in [0.25, 0.3) is 5.91 Å². The maximum absolute atomic E-state index is 12.3. The predicted molar refractivity (Wildman–Crippen MR) is 118 cm³/mol. The van der Waals surface area contributed by atoms with E-state index in [2.05, 4.69) is 20.6 Å². The van der Waals surface area contributed by atoms with E-state index in [1.165, 1.54) is 18.3 Å². The summed E-state index contributed by atoms with van der Waals surface area (Å²) in [6.07, 6.45) is 2.96. The Kier molecular flexibility index (Phi) is 5.61. The van der Waals surface area contributed by atoms with E-state index >= 15 is 0 Å². The van der Waals surface area contributed by atoms with Crippen LogP contribution in [0.2, 0.25) is 10.0 Å². The molecule has 0 saturated heterocycles. The molecule has 2 N–H and O–H groups in total. The fourth-order valence-electron chi connectivity index (χ4n) is 2.92. The van der Waals surface area contributed by atoms with Crippen LogP contribution >= 0.6 is 23.2 Å². The molecule has 8 heteroatoms. The number of aromatic nitrogens is 2. The summed E-state index contributed by atoms with van der Waals surface area (Å²) >= 11 is 12.0. The topological polar surface area (TPSA) is 84.0 Å². The minimum Gasteiger partial charge on any atom is -0.291 e. The second-order valence-electron chi connectivity index (χ2n) is 6.35. The molecule has 0 unspecified atom stereocenters. The van der Waals surface area contributed by atoms with Crippen LogP contribution in [-0.2, 0) is 0 Å². The van der Waals surface area contributed by atoms with E-state index in [9.17, 15) is 9.59 Å². The number of benzene rings is 3. The molecule has 0 atom stereocenters. The van der Waals surface area contributed by atoms with Gasteiger partial charge in [0.2, 0.25) is 0 Å². The molecule has 0 spiro atoms. The Morgan fingerprint density at radius 2 is 1.53 bits per heavy atom. The van der Waals surface area contributed by atoms with Gasteiger partial charge in [-0.15, -0.1) is 0 Å². The SMILES string of the molecule is O=C(NC(=O)c1c(Cl)cccc1Cl)Nc1cnc(-c2ccc3ccccc3c2)cn1. The molecule has 4 aromatic rings. The number of rotatable bonds is 3. The minimum atomic E-state index is -0.774. The van der Waals surface area contributed by atoms with E-state index in [1.54, 1.807) is 12.3 Å². The van der Waals surface area contributed by atoms with Crippen LogP contribution in [0.4, 0.5) is 10.6 Å². The van der Waals surface area contributed by atoms with Crippen molar-refractivity contribution in [3.05, 3.63) is 88.7 Å². The van der Waals surface area contributed by atoms with Gasteiger partial charge >= 0.3 is 6.03 Å². The number of imide groups is 1. The summed E-state index contributed by atoms with van der Waals surface area (Å²) in [5, 5.41) is 7.14. The summed E-state index contributed by atoms with van der Waals surface area (Å²) in [7, 11) is 0. The smallest absolute Gasteiger partial charge is 0.291 e. The first kappa shape index (κ1) is 19.8. The zero-order chi connectivity index (χ0) is 21.1. The number of anilines is 1. The van der Waals surface area contributed by atoms with Crippen LogP contribution in [-0.4, -0.2) is 21.9 Å². The highest BCUT2D eigenvalue weighted by molar-refractivity contribution is 6.40. The van der Waals surface area contributed by atoms with Crippen molar-refractivity contribution in [1.29, 1.82) is 0 Å². The molecule has 4 rings (SSSR count). The van der Waals surface area contributed by atoms with E-state index in [1.807, 2.05) is 42.5 Å². The number of carbonyl (C=O) groups is 2. The van der Waals surface area contributed by atoms with Crippen molar-refractivity contribution in [1.82, 2.24) is 15.3 Å². The van der Waals surface area contributed by atoms with Crippen LogP contribution in [0.25, 0.3) is 22.0 Å². The number of hydrogen-bond donors (Lipinski definition) is 2. The van der Waals surface area contributed by atoms with Gasteiger partial charge < -0.3 is 0 Å². The zero-order valence-corrected chi connectivity index (χ0v) is 16.9. The van der Waals surface area contributed by atoms with Crippen LogP contribution in [0, 0.1) is 0 Å². The van der Waals surface area contributed by atoms with E-state index in [-0.39, 0.29) is 21.4 Å². The number of hydrogen-bond acceptors (Lipinski definition) is 4. The van der Waals surface area contributed by atoms with E-state index in [4.69, 9.17) is 23.2 Å². The van der Waals surface area contributed by atoms with Crippen molar-refractivity contribution >= 4 is 51.7 Å². The summed E-state index contributed by atoms with van der Waals surface area (Å²) in [4.78, 5) is 32.9. The molecule has 1 aromatic heterocycles. The molecule has 6 nitrogen and oxygen atoms in total. The molecule has 30 heavy (non-hydrogen) atoms. The maximum Gasteiger partial charge on any atom is 0.327 e. The molecule has 3 aromatic carbocycles. The lowest BCUT2D eigenvalue weighted by molar-refractivity contribution is 0.0967. The van der Waals surface area contributed by atoms with Gasteiger partial charge in [0.1, 0.15) is 0 Å². The lowest BCUT2D eigenvalue weighted by Gasteiger charge is -2.09. The Balaban J connectivity index is 1.45. The number of urea groups is 1. The Labute approximate surface area is 181 Å². The summed E-state index contributed by atoms with van der Waals surface area (Å²) in [6, 6.07) is 17.9. The first-order valence-electron chi connectivity index (χ1n) is 8.89. The van der Waals surface area contributed by atoms with Crippen LogP contribution in [0.1, 0.15) is 10.4 Å². The number of nitrogens with one attached hydrogen (secondary N) is 2. The van der Waals surface area contributed by atoms with Gasteiger partial charge in [0, 0.05) is 5.56 Å². The molecule has 148 valence electrons. The van der Waals surface area contributed by atoms with Crippen LogP contribution in [0.15, 0.2) is 73.1 Å². The molecule has 0 aliphatic heterocycles. The van der Waals surface area contributed by atoms with E-state index in [0.717, 1.165) is 16.3 Å². The number of fused-ring (bicyclic) bond motifs is 1. The molecule has 3 amide bonds. The molecule has 0 fully saturated rings. The Morgan fingerprint density at radius 1 is 0.800 bits per heavy atom. The molecule has 0 radical (unpaired) electrons. The fourth-order valence-corrected chi connectivity index (χ4v) is 3.49. The van der Waals surface area contributed by atoms with Gasteiger partial charge in [-0.25, -0.2) is 9.78 Å². The Hall–Kier alpha value is -3.48. The lowest BCUT2D eigenvalue weighted by Crippen LogP contribution is -2.35. The first-order valence-corrected chi connectivity index (χ1v) is 9.64. The lowest BCUT2D eigenvalue weighted by atomic mass is 10.1. The molecular formula is C22H14Cl2N4O2. The molecule has 0 saturated carbocycles. The van der Waals surface area contributed by atoms with Crippen molar-refractivity contribution < 1.29 is 9.59 Å². The van der Waals surface area contributed by atoms with Crippen LogP contribution < -0.4 is 10.6 Å². The van der Waals surface area contributed by atoms with Gasteiger partial charge in [-0.05, 0) is 29.0 Å². The average molecular weight is 437 g/mol. The van der Waals surface area contributed by atoms with Gasteiger partial charge in [-0.3, -0.25) is 20.4 Å². The molecular weight excluding hydrogens is 423 g/mol. The first-order chi connectivity index (χ1) is 14.5. The molecule has 0 aliphatic carbocycles. The van der Waals surface area contributed by atoms with E-state index in [0.29, 0.717) is 5.69 Å². The minimum absolute atomic E-state index is 0.0220. The van der Waals surface area contributed by atoms with Gasteiger partial charge in [0.05, 0.1) is 33.7 Å². The Bertz CT molecular complexity index is 1240. The number of nitrogens with zero attached hydrogens (tertiary/aromatic N) is 2. The number of halogens is 2. The highest BCUT2D eigenvalue weighted by Gasteiger charge is 2.17. The highest BCUT2D eigenvalue weighted by atomic mass is 35.5. The third kappa shape index (κ3) is 4.25. The molecule has 0 aliphatic rings.